The molecule has 0 aromatic carbocycles. The minimum absolute atomic E-state index is 0.0353. The van der Waals surface area contributed by atoms with Crippen molar-refractivity contribution in [3.8, 4) is 0 Å². The Balaban J connectivity index is 3.92. The lowest BCUT2D eigenvalue weighted by molar-refractivity contribution is -0.140. The third-order valence-corrected chi connectivity index (χ3v) is 3.45. The van der Waals surface area contributed by atoms with Crippen molar-refractivity contribution in [2.24, 2.45) is 0 Å². The van der Waals surface area contributed by atoms with Crippen LogP contribution < -0.4 is 4.72 Å². The largest absolute Gasteiger partial charge is 0.469 e. The first-order valence-electron chi connectivity index (χ1n) is 5.05. The molecule has 17 heavy (non-hydrogen) atoms. The zero-order valence-electron chi connectivity index (χ0n) is 10.3. The molecule has 0 fully saturated rings. The number of hydrogen-bond acceptors (Lipinski definition) is 6. The summed E-state index contributed by atoms with van der Waals surface area (Å²) >= 11 is 0. The van der Waals surface area contributed by atoms with Crippen molar-refractivity contribution < 1.29 is 27.4 Å². The maximum Gasteiger partial charge on any atom is 0.305 e. The summed E-state index contributed by atoms with van der Waals surface area (Å²) < 4.78 is 39.3. The predicted octanol–water partition coefficient (Wildman–Crippen LogP) is -0.522. The minimum atomic E-state index is -3.42. The summed E-state index contributed by atoms with van der Waals surface area (Å²) in [6.07, 6.45) is -0.326. The highest BCUT2D eigenvalue weighted by Gasteiger charge is 2.14. The summed E-state index contributed by atoms with van der Waals surface area (Å²) in [4.78, 5) is 10.8. The standard InChI is InChI=1S/C9H19NO6S/c1-14-8(11)5-4-6-17(12,13)10-7-9(15-2)16-3/h9-10H,4-7H2,1-3H3. The Hall–Kier alpha value is -0.700. The van der Waals surface area contributed by atoms with E-state index in [1.165, 1.54) is 21.3 Å². The monoisotopic (exact) mass is 269 g/mol. The second kappa shape index (κ2) is 8.40. The molecular weight excluding hydrogens is 250 g/mol. The van der Waals surface area contributed by atoms with Crippen LogP contribution in [-0.4, -0.2) is 54.3 Å². The number of esters is 1. The van der Waals surface area contributed by atoms with Crippen molar-refractivity contribution in [3.05, 3.63) is 0 Å². The Morgan fingerprint density at radius 3 is 2.29 bits per heavy atom. The minimum Gasteiger partial charge on any atom is -0.469 e. The van der Waals surface area contributed by atoms with Gasteiger partial charge in [-0.05, 0) is 6.42 Å². The normalized spacial score (nSPS) is 11.8. The van der Waals surface area contributed by atoms with E-state index < -0.39 is 22.3 Å². The molecule has 8 heteroatoms. The van der Waals surface area contributed by atoms with Crippen LogP contribution >= 0.6 is 0 Å². The summed E-state index contributed by atoms with van der Waals surface area (Å²) in [5, 5.41) is 0. The second-order valence-electron chi connectivity index (χ2n) is 3.25. The quantitative estimate of drug-likeness (QED) is 0.447. The van der Waals surface area contributed by atoms with Gasteiger partial charge in [-0.2, -0.15) is 0 Å². The van der Waals surface area contributed by atoms with Crippen LogP contribution in [0.25, 0.3) is 0 Å². The SMILES string of the molecule is COC(=O)CCCS(=O)(=O)NCC(OC)OC. The molecule has 0 saturated heterocycles. The van der Waals surface area contributed by atoms with Crippen LogP contribution in [0, 0.1) is 0 Å². The van der Waals surface area contributed by atoms with E-state index in [0.29, 0.717) is 0 Å². The number of nitrogens with one attached hydrogen (secondary N) is 1. The number of rotatable bonds is 9. The lowest BCUT2D eigenvalue weighted by Gasteiger charge is -2.14. The first kappa shape index (κ1) is 16.3. The van der Waals surface area contributed by atoms with Crippen molar-refractivity contribution in [1.82, 2.24) is 4.72 Å². The Bertz CT molecular complexity index is 311. The maximum absolute atomic E-state index is 11.5. The number of sulfonamides is 1. The van der Waals surface area contributed by atoms with Crippen LogP contribution in [0.15, 0.2) is 0 Å². The summed E-state index contributed by atoms with van der Waals surface area (Å²) in [6, 6.07) is 0. The molecule has 0 bridgehead atoms. The number of carbonyl (C=O) groups excluding carboxylic acids is 1. The molecule has 0 amide bonds. The Morgan fingerprint density at radius 2 is 1.82 bits per heavy atom. The highest BCUT2D eigenvalue weighted by molar-refractivity contribution is 7.89. The van der Waals surface area contributed by atoms with E-state index in [4.69, 9.17) is 9.47 Å². The highest BCUT2D eigenvalue weighted by atomic mass is 32.2. The molecule has 7 nitrogen and oxygen atoms in total. The molecule has 0 saturated carbocycles. The van der Waals surface area contributed by atoms with Crippen molar-refractivity contribution in [1.29, 1.82) is 0 Å². The summed E-state index contributed by atoms with van der Waals surface area (Å²) in [5.41, 5.74) is 0. The van der Waals surface area contributed by atoms with Crippen molar-refractivity contribution >= 4 is 16.0 Å². The Morgan fingerprint density at radius 1 is 1.24 bits per heavy atom. The number of carbonyl (C=O) groups is 1. The summed E-state index contributed by atoms with van der Waals surface area (Å²) in [5.74, 6) is -0.561. The molecule has 0 aromatic rings. The lowest BCUT2D eigenvalue weighted by atomic mass is 10.3. The zero-order chi connectivity index (χ0) is 13.3. The lowest BCUT2D eigenvalue weighted by Crippen LogP contribution is -2.35. The Labute approximate surface area is 101 Å². The summed E-state index contributed by atoms with van der Waals surface area (Å²) in [6.45, 7) is 0.0353. The van der Waals surface area contributed by atoms with E-state index in [2.05, 4.69) is 9.46 Å². The van der Waals surface area contributed by atoms with E-state index in [1.54, 1.807) is 0 Å². The van der Waals surface area contributed by atoms with Gasteiger partial charge in [0.15, 0.2) is 6.29 Å². The van der Waals surface area contributed by atoms with Crippen LogP contribution in [0.3, 0.4) is 0 Å². The van der Waals surface area contributed by atoms with Gasteiger partial charge in [0.25, 0.3) is 0 Å². The molecule has 102 valence electrons. The zero-order valence-corrected chi connectivity index (χ0v) is 11.1. The average Bonchev–Trinajstić information content (AvgIpc) is 2.29. The van der Waals surface area contributed by atoms with Crippen molar-refractivity contribution in [3.63, 3.8) is 0 Å². The topological polar surface area (TPSA) is 90.9 Å². The van der Waals surface area contributed by atoms with Crippen molar-refractivity contribution in [2.45, 2.75) is 19.1 Å². The van der Waals surface area contributed by atoms with Crippen LogP contribution in [0.1, 0.15) is 12.8 Å². The van der Waals surface area contributed by atoms with Crippen LogP contribution in [0.2, 0.25) is 0 Å². The first-order chi connectivity index (χ1) is 7.95. The first-order valence-corrected chi connectivity index (χ1v) is 6.70. The second-order valence-corrected chi connectivity index (χ2v) is 5.17. The van der Waals surface area contributed by atoms with Gasteiger partial charge in [-0.25, -0.2) is 13.1 Å². The van der Waals surface area contributed by atoms with Gasteiger partial charge in [0.1, 0.15) is 0 Å². The van der Waals surface area contributed by atoms with Gasteiger partial charge in [-0.3, -0.25) is 4.79 Å². The van der Waals surface area contributed by atoms with E-state index in [1.807, 2.05) is 0 Å². The molecule has 0 aliphatic carbocycles. The van der Waals surface area contributed by atoms with Gasteiger partial charge in [0, 0.05) is 20.6 Å². The fraction of sp³-hybridized carbons (Fsp3) is 0.889. The third-order valence-electron chi connectivity index (χ3n) is 2.02. The molecule has 0 atom stereocenters. The van der Waals surface area contributed by atoms with Gasteiger partial charge in [-0.15, -0.1) is 0 Å². The number of methoxy groups -OCH3 is 3. The fourth-order valence-corrected chi connectivity index (χ4v) is 2.10. The molecule has 0 aliphatic heterocycles. The summed E-state index contributed by atoms with van der Waals surface area (Å²) in [7, 11) is 0.675. The van der Waals surface area contributed by atoms with E-state index in [9.17, 15) is 13.2 Å². The smallest absolute Gasteiger partial charge is 0.305 e. The molecular formula is C9H19NO6S. The van der Waals surface area contributed by atoms with Gasteiger partial charge >= 0.3 is 5.97 Å². The average molecular weight is 269 g/mol. The predicted molar refractivity (Wildman–Crippen MR) is 60.8 cm³/mol. The van der Waals surface area contributed by atoms with Crippen LogP contribution in [0.4, 0.5) is 0 Å². The third kappa shape index (κ3) is 8.08. The molecule has 0 spiro atoms. The van der Waals surface area contributed by atoms with Crippen LogP contribution in [0.5, 0.6) is 0 Å². The van der Waals surface area contributed by atoms with Crippen molar-refractivity contribution in [2.75, 3.05) is 33.6 Å². The van der Waals surface area contributed by atoms with Gasteiger partial charge in [-0.1, -0.05) is 0 Å². The molecule has 1 N–H and O–H groups in total. The van der Waals surface area contributed by atoms with E-state index in [-0.39, 0.29) is 25.1 Å². The Kier molecular flexibility index (Phi) is 8.05. The molecule has 0 radical (unpaired) electrons. The van der Waals surface area contributed by atoms with Crippen LogP contribution in [-0.2, 0) is 29.0 Å². The fourth-order valence-electron chi connectivity index (χ4n) is 1.04. The van der Waals surface area contributed by atoms with Gasteiger partial charge in [0.05, 0.1) is 19.4 Å². The number of hydrogen-bond donors (Lipinski definition) is 1. The highest BCUT2D eigenvalue weighted by Crippen LogP contribution is 1.97. The molecule has 0 unspecified atom stereocenters. The van der Waals surface area contributed by atoms with Gasteiger partial charge < -0.3 is 14.2 Å². The molecule has 0 heterocycles. The van der Waals surface area contributed by atoms with E-state index >= 15 is 0 Å². The van der Waals surface area contributed by atoms with Gasteiger partial charge in [0.2, 0.25) is 10.0 Å². The molecule has 0 aromatic heterocycles. The number of ether oxygens (including phenoxy) is 3. The maximum atomic E-state index is 11.5. The molecule has 0 aliphatic rings. The van der Waals surface area contributed by atoms with E-state index in [0.717, 1.165) is 0 Å². The molecule has 0 rings (SSSR count).